The van der Waals surface area contributed by atoms with E-state index in [-0.39, 0.29) is 11.6 Å². The maximum Gasteiger partial charge on any atom is 0.501 e. The molecule has 1 aromatic carbocycles. The second kappa shape index (κ2) is 6.92. The number of benzene rings is 1. The van der Waals surface area contributed by atoms with Crippen molar-refractivity contribution in [3.63, 3.8) is 0 Å². The van der Waals surface area contributed by atoms with Crippen LogP contribution in [0, 0.1) is 5.92 Å². The van der Waals surface area contributed by atoms with E-state index in [1.165, 1.54) is 24.4 Å². The number of para-hydroxylation sites is 1. The lowest BCUT2D eigenvalue weighted by atomic mass is 9.90. The third-order valence-electron chi connectivity index (χ3n) is 4.59. The molecule has 1 atom stereocenters. The zero-order chi connectivity index (χ0) is 18.9. The van der Waals surface area contributed by atoms with Gasteiger partial charge in [-0.2, -0.15) is 13.2 Å². The fourth-order valence-corrected chi connectivity index (χ4v) is 4.17. The summed E-state index contributed by atoms with van der Waals surface area (Å²) in [5.74, 6) is 0.340. The Labute approximate surface area is 148 Å². The van der Waals surface area contributed by atoms with Crippen LogP contribution in [0.25, 0.3) is 0 Å². The van der Waals surface area contributed by atoms with Gasteiger partial charge in [0.15, 0.2) is 0 Å². The van der Waals surface area contributed by atoms with Crippen molar-refractivity contribution in [1.82, 2.24) is 9.97 Å². The van der Waals surface area contributed by atoms with Gasteiger partial charge in [0.05, 0.1) is 10.6 Å². The Bertz CT molecular complexity index is 845. The molecule has 0 radical (unpaired) electrons. The van der Waals surface area contributed by atoms with Crippen molar-refractivity contribution < 1.29 is 26.7 Å². The summed E-state index contributed by atoms with van der Waals surface area (Å²) in [6.45, 7) is 0.680. The number of alkyl halides is 3. The highest BCUT2D eigenvalue weighted by Gasteiger charge is 2.48. The Balaban J connectivity index is 1.79. The van der Waals surface area contributed by atoms with Crippen LogP contribution < -0.4 is 4.90 Å². The highest BCUT2D eigenvalue weighted by atomic mass is 32.2. The van der Waals surface area contributed by atoms with E-state index >= 15 is 0 Å². The normalized spacial score (nSPS) is 18.1. The van der Waals surface area contributed by atoms with Crippen LogP contribution in [0.4, 0.5) is 18.9 Å². The summed E-state index contributed by atoms with van der Waals surface area (Å²) in [5.41, 5.74) is -5.31. The molecule has 1 aromatic heterocycles. The first-order valence-corrected chi connectivity index (χ1v) is 9.53. The number of anilines is 1. The van der Waals surface area contributed by atoms with Crippen LogP contribution in [-0.4, -0.2) is 42.1 Å². The Morgan fingerprint density at radius 3 is 2.46 bits per heavy atom. The first kappa shape index (κ1) is 18.7. The van der Waals surface area contributed by atoms with E-state index in [1.807, 2.05) is 0 Å². The number of hydrogen-bond donors (Lipinski definition) is 2. The van der Waals surface area contributed by atoms with E-state index < -0.39 is 26.3 Å². The van der Waals surface area contributed by atoms with Crippen molar-refractivity contribution >= 4 is 15.5 Å². The van der Waals surface area contributed by atoms with E-state index in [2.05, 4.69) is 9.97 Å². The van der Waals surface area contributed by atoms with Gasteiger partial charge in [0.2, 0.25) is 0 Å². The number of hydrogen-bond acceptors (Lipinski definition) is 5. The van der Waals surface area contributed by atoms with Crippen LogP contribution in [0.2, 0.25) is 0 Å². The number of piperidine rings is 1. The van der Waals surface area contributed by atoms with Crippen LogP contribution in [-0.2, 0) is 9.84 Å². The van der Waals surface area contributed by atoms with Crippen molar-refractivity contribution in [2.45, 2.75) is 29.3 Å². The summed E-state index contributed by atoms with van der Waals surface area (Å²) < 4.78 is 62.5. The third kappa shape index (κ3) is 3.43. The molecule has 142 valence electrons. The average Bonchev–Trinajstić information content (AvgIpc) is 3.15. The van der Waals surface area contributed by atoms with E-state index in [9.17, 15) is 26.7 Å². The van der Waals surface area contributed by atoms with Gasteiger partial charge in [0, 0.05) is 25.5 Å². The van der Waals surface area contributed by atoms with E-state index in [4.69, 9.17) is 0 Å². The Morgan fingerprint density at radius 1 is 1.23 bits per heavy atom. The van der Waals surface area contributed by atoms with Gasteiger partial charge in [-0.25, -0.2) is 13.4 Å². The molecule has 1 saturated heterocycles. The third-order valence-corrected chi connectivity index (χ3v) is 6.12. The molecule has 1 unspecified atom stereocenters. The summed E-state index contributed by atoms with van der Waals surface area (Å²) in [5, 5.41) is 10.3. The first-order chi connectivity index (χ1) is 12.2. The van der Waals surface area contributed by atoms with Gasteiger partial charge in [-0.1, -0.05) is 12.1 Å². The Kier molecular flexibility index (Phi) is 4.98. The summed E-state index contributed by atoms with van der Waals surface area (Å²) in [4.78, 5) is 7.74. The number of rotatable bonds is 4. The predicted octanol–water partition coefficient (Wildman–Crippen LogP) is 2.65. The maximum atomic E-state index is 12.9. The monoisotopic (exact) mass is 389 g/mol. The molecule has 1 aliphatic heterocycles. The fraction of sp³-hybridized carbons (Fsp3) is 0.438. The van der Waals surface area contributed by atoms with Crippen LogP contribution in [0.1, 0.15) is 24.8 Å². The molecule has 26 heavy (non-hydrogen) atoms. The standard InChI is InChI=1S/C16H18F3N3O3S/c17-16(18,19)26(24,25)13-4-2-1-3-12(13)22-9-5-11(6-10-22)14(23)15-20-7-8-21-15/h1-4,7-8,11,14,23H,5-6,9-10H2,(H,20,21). The lowest BCUT2D eigenvalue weighted by Crippen LogP contribution is -2.37. The fourth-order valence-electron chi connectivity index (χ4n) is 3.19. The molecule has 3 rings (SSSR count). The number of imidazole rings is 1. The highest BCUT2D eigenvalue weighted by molar-refractivity contribution is 7.92. The molecule has 1 fully saturated rings. The molecule has 6 nitrogen and oxygen atoms in total. The van der Waals surface area contributed by atoms with Crippen molar-refractivity contribution in [2.75, 3.05) is 18.0 Å². The molecule has 0 bridgehead atoms. The number of aliphatic hydroxyl groups is 1. The quantitative estimate of drug-likeness (QED) is 0.840. The number of aliphatic hydroxyl groups excluding tert-OH is 1. The lowest BCUT2D eigenvalue weighted by Gasteiger charge is -2.36. The van der Waals surface area contributed by atoms with Crippen LogP contribution >= 0.6 is 0 Å². The zero-order valence-electron chi connectivity index (χ0n) is 13.6. The molecule has 1 aliphatic rings. The van der Waals surface area contributed by atoms with Gasteiger partial charge in [-0.3, -0.25) is 0 Å². The number of H-pyrrole nitrogens is 1. The Hall–Kier alpha value is -2.07. The zero-order valence-corrected chi connectivity index (χ0v) is 14.5. The number of halogens is 3. The van der Waals surface area contributed by atoms with Crippen molar-refractivity contribution in [3.05, 3.63) is 42.5 Å². The van der Waals surface area contributed by atoms with Gasteiger partial charge < -0.3 is 15.0 Å². The largest absolute Gasteiger partial charge is 0.501 e. The number of sulfone groups is 1. The minimum Gasteiger partial charge on any atom is -0.385 e. The summed E-state index contributed by atoms with van der Waals surface area (Å²) in [6.07, 6.45) is 3.35. The lowest BCUT2D eigenvalue weighted by molar-refractivity contribution is -0.0435. The topological polar surface area (TPSA) is 86.3 Å². The van der Waals surface area contributed by atoms with E-state index in [0.29, 0.717) is 31.8 Å². The number of nitrogens with zero attached hydrogens (tertiary/aromatic N) is 2. The van der Waals surface area contributed by atoms with E-state index in [0.717, 1.165) is 6.07 Å². The van der Waals surface area contributed by atoms with Crippen LogP contribution in [0.5, 0.6) is 0 Å². The van der Waals surface area contributed by atoms with Crippen molar-refractivity contribution in [3.8, 4) is 0 Å². The molecule has 0 aliphatic carbocycles. The van der Waals surface area contributed by atoms with Gasteiger partial charge in [0.25, 0.3) is 9.84 Å². The second-order valence-electron chi connectivity index (χ2n) is 6.16. The average molecular weight is 389 g/mol. The molecule has 2 aromatic rings. The number of aromatic nitrogens is 2. The maximum absolute atomic E-state index is 12.9. The van der Waals surface area contributed by atoms with Crippen molar-refractivity contribution in [2.24, 2.45) is 5.92 Å². The molecule has 0 spiro atoms. The van der Waals surface area contributed by atoms with Crippen LogP contribution in [0.3, 0.4) is 0 Å². The predicted molar refractivity (Wildman–Crippen MR) is 88.2 cm³/mol. The van der Waals surface area contributed by atoms with Gasteiger partial charge >= 0.3 is 5.51 Å². The van der Waals surface area contributed by atoms with Gasteiger partial charge in [0.1, 0.15) is 11.9 Å². The molecule has 2 N–H and O–H groups in total. The Morgan fingerprint density at radius 2 is 1.88 bits per heavy atom. The van der Waals surface area contributed by atoms with Crippen LogP contribution in [0.15, 0.2) is 41.6 Å². The molecular weight excluding hydrogens is 371 g/mol. The first-order valence-electron chi connectivity index (χ1n) is 8.04. The summed E-state index contributed by atoms with van der Waals surface area (Å²) in [6, 6.07) is 5.13. The molecular formula is C16H18F3N3O3S. The summed E-state index contributed by atoms with van der Waals surface area (Å²) in [7, 11) is -5.43. The number of nitrogens with one attached hydrogen (secondary N) is 1. The molecule has 10 heteroatoms. The summed E-state index contributed by atoms with van der Waals surface area (Å²) >= 11 is 0. The van der Waals surface area contributed by atoms with Crippen molar-refractivity contribution in [1.29, 1.82) is 0 Å². The highest BCUT2D eigenvalue weighted by Crippen LogP contribution is 2.38. The molecule has 0 amide bonds. The molecule has 2 heterocycles. The van der Waals surface area contributed by atoms with Gasteiger partial charge in [-0.05, 0) is 30.9 Å². The smallest absolute Gasteiger partial charge is 0.385 e. The second-order valence-corrected chi connectivity index (χ2v) is 8.07. The minimum atomic E-state index is -5.43. The number of aromatic amines is 1. The molecule has 0 saturated carbocycles. The SMILES string of the molecule is O=S(=O)(c1ccccc1N1CCC(C(O)c2ncc[nH]2)CC1)C(F)(F)F. The van der Waals surface area contributed by atoms with E-state index in [1.54, 1.807) is 11.1 Å². The minimum absolute atomic E-state index is 0.0377. The van der Waals surface area contributed by atoms with Gasteiger partial charge in [-0.15, -0.1) is 0 Å².